The van der Waals surface area contributed by atoms with Gasteiger partial charge in [-0.05, 0) is 18.8 Å². The van der Waals surface area contributed by atoms with Crippen molar-refractivity contribution in [3.8, 4) is 0 Å². The van der Waals surface area contributed by atoms with E-state index in [4.69, 9.17) is 0 Å². The van der Waals surface area contributed by atoms with Crippen molar-refractivity contribution in [3.63, 3.8) is 0 Å². The van der Waals surface area contributed by atoms with Crippen LogP contribution in [-0.2, 0) is 14.4 Å². The fourth-order valence-corrected chi connectivity index (χ4v) is 3.26. The van der Waals surface area contributed by atoms with E-state index in [9.17, 15) is 19.5 Å². The summed E-state index contributed by atoms with van der Waals surface area (Å²) in [5, 5.41) is 9.18. The number of carbonyl (C=O) groups is 3. The van der Waals surface area contributed by atoms with Crippen LogP contribution in [0.2, 0.25) is 0 Å². The van der Waals surface area contributed by atoms with Gasteiger partial charge in [-0.3, -0.25) is 19.3 Å². The van der Waals surface area contributed by atoms with Gasteiger partial charge in [-0.15, -0.1) is 0 Å². The molecule has 2 fully saturated rings. The van der Waals surface area contributed by atoms with Gasteiger partial charge in [0.15, 0.2) is 0 Å². The highest BCUT2D eigenvalue weighted by Gasteiger charge is 2.53. The van der Waals surface area contributed by atoms with E-state index >= 15 is 0 Å². The smallest absolute Gasteiger partial charge is 0.308 e. The lowest BCUT2D eigenvalue weighted by atomic mass is 9.84. The molecule has 0 aromatic carbocycles. The van der Waals surface area contributed by atoms with E-state index < -0.39 is 17.3 Å². The average Bonchev–Trinajstić information content (AvgIpc) is 2.85. The molecule has 1 spiro atoms. The topological polar surface area (TPSA) is 74.7 Å². The molecule has 5 heteroatoms. The molecule has 0 aromatic rings. The lowest BCUT2D eigenvalue weighted by molar-refractivity contribution is -0.148. The van der Waals surface area contributed by atoms with Crippen molar-refractivity contribution < 1.29 is 19.5 Å². The number of likely N-dealkylation sites (tertiary alicyclic amines) is 1. The first-order chi connectivity index (χ1) is 8.87. The third kappa shape index (κ3) is 2.38. The van der Waals surface area contributed by atoms with E-state index in [2.05, 4.69) is 0 Å². The number of rotatable bonds is 4. The summed E-state index contributed by atoms with van der Waals surface area (Å²) in [6.45, 7) is 3.62. The first-order valence-corrected chi connectivity index (χ1v) is 6.95. The van der Waals surface area contributed by atoms with E-state index in [1.165, 1.54) is 4.90 Å². The molecule has 1 saturated heterocycles. The summed E-state index contributed by atoms with van der Waals surface area (Å²) in [4.78, 5) is 36.9. The molecule has 0 aromatic heterocycles. The third-order valence-electron chi connectivity index (χ3n) is 4.55. The van der Waals surface area contributed by atoms with Crippen LogP contribution in [0.1, 0.15) is 46.0 Å². The minimum absolute atomic E-state index is 0.0203. The summed E-state index contributed by atoms with van der Waals surface area (Å²) in [7, 11) is 0. The van der Waals surface area contributed by atoms with Gasteiger partial charge in [0.05, 0.1) is 11.3 Å². The van der Waals surface area contributed by atoms with Gasteiger partial charge in [-0.2, -0.15) is 0 Å². The number of aliphatic carboxylic acids is 1. The van der Waals surface area contributed by atoms with Gasteiger partial charge in [0, 0.05) is 13.0 Å². The second-order valence-electron chi connectivity index (χ2n) is 6.16. The lowest BCUT2D eigenvalue weighted by Crippen LogP contribution is -2.41. The van der Waals surface area contributed by atoms with Gasteiger partial charge in [-0.1, -0.05) is 26.7 Å². The van der Waals surface area contributed by atoms with Gasteiger partial charge in [-0.25, -0.2) is 0 Å². The van der Waals surface area contributed by atoms with Crippen LogP contribution in [0.3, 0.4) is 0 Å². The maximum absolute atomic E-state index is 12.4. The summed E-state index contributed by atoms with van der Waals surface area (Å²) in [6, 6.07) is 0. The summed E-state index contributed by atoms with van der Waals surface area (Å²) in [5.41, 5.74) is -0.503. The number of amides is 2. The number of hydrogen-bond acceptors (Lipinski definition) is 3. The Balaban J connectivity index is 2.14. The number of nitrogens with zero attached hydrogens (tertiary/aromatic N) is 1. The molecule has 1 atom stereocenters. The Morgan fingerprint density at radius 1 is 1.32 bits per heavy atom. The minimum atomic E-state index is -0.942. The van der Waals surface area contributed by atoms with Crippen LogP contribution < -0.4 is 0 Å². The highest BCUT2D eigenvalue weighted by Crippen LogP contribution is 2.47. The molecule has 1 saturated carbocycles. The van der Waals surface area contributed by atoms with Crippen molar-refractivity contribution in [1.29, 1.82) is 0 Å². The first-order valence-electron chi connectivity index (χ1n) is 6.95. The fraction of sp³-hybridized carbons (Fsp3) is 0.786. The zero-order valence-corrected chi connectivity index (χ0v) is 11.5. The molecule has 106 valence electrons. The van der Waals surface area contributed by atoms with E-state index in [1.807, 2.05) is 0 Å². The van der Waals surface area contributed by atoms with Crippen molar-refractivity contribution in [2.45, 2.75) is 46.0 Å². The van der Waals surface area contributed by atoms with Crippen molar-refractivity contribution in [1.82, 2.24) is 4.90 Å². The molecular weight excluding hydrogens is 246 g/mol. The molecule has 2 amide bonds. The van der Waals surface area contributed by atoms with Crippen molar-refractivity contribution in [3.05, 3.63) is 0 Å². The maximum atomic E-state index is 12.4. The van der Waals surface area contributed by atoms with Gasteiger partial charge >= 0.3 is 5.97 Å². The highest BCUT2D eigenvalue weighted by molar-refractivity contribution is 6.06. The lowest BCUT2D eigenvalue weighted by Gasteiger charge is -2.24. The Hall–Kier alpha value is -1.39. The second kappa shape index (κ2) is 4.94. The quantitative estimate of drug-likeness (QED) is 0.786. The number of carboxylic acid groups (broad SMARTS) is 1. The van der Waals surface area contributed by atoms with Crippen LogP contribution >= 0.6 is 0 Å². The predicted octanol–water partition coefficient (Wildman–Crippen LogP) is 1.66. The Morgan fingerprint density at radius 2 is 1.89 bits per heavy atom. The van der Waals surface area contributed by atoms with Gasteiger partial charge in [0.2, 0.25) is 11.8 Å². The first kappa shape index (κ1) is 14.0. The van der Waals surface area contributed by atoms with Gasteiger partial charge in [0.25, 0.3) is 0 Å². The standard InChI is InChI=1S/C14H21NO4/c1-9(2)10(12(17)18)8-15-11(16)7-14(13(15)19)5-3-4-6-14/h9-10H,3-8H2,1-2H3,(H,17,18). The van der Waals surface area contributed by atoms with Crippen molar-refractivity contribution in [2.24, 2.45) is 17.3 Å². The van der Waals surface area contributed by atoms with Crippen LogP contribution in [0.25, 0.3) is 0 Å². The fourth-order valence-electron chi connectivity index (χ4n) is 3.26. The summed E-state index contributed by atoms with van der Waals surface area (Å²) < 4.78 is 0. The Labute approximate surface area is 113 Å². The van der Waals surface area contributed by atoms with E-state index in [-0.39, 0.29) is 30.7 Å². The van der Waals surface area contributed by atoms with Crippen LogP contribution in [-0.4, -0.2) is 34.3 Å². The zero-order chi connectivity index (χ0) is 14.2. The Kier molecular flexibility index (Phi) is 3.65. The summed E-state index contributed by atoms with van der Waals surface area (Å²) >= 11 is 0. The Morgan fingerprint density at radius 3 is 2.37 bits per heavy atom. The molecule has 1 heterocycles. The number of hydrogen-bond donors (Lipinski definition) is 1. The van der Waals surface area contributed by atoms with E-state index in [1.54, 1.807) is 13.8 Å². The molecule has 0 radical (unpaired) electrons. The van der Waals surface area contributed by atoms with Crippen molar-refractivity contribution >= 4 is 17.8 Å². The molecular formula is C14H21NO4. The highest BCUT2D eigenvalue weighted by atomic mass is 16.4. The number of carboxylic acids is 1. The normalized spacial score (nSPS) is 23.6. The van der Waals surface area contributed by atoms with E-state index in [0.29, 0.717) is 0 Å². The molecule has 1 N–H and O–H groups in total. The Bertz CT molecular complexity index is 410. The average molecular weight is 267 g/mol. The van der Waals surface area contributed by atoms with E-state index in [0.717, 1.165) is 25.7 Å². The summed E-state index contributed by atoms with van der Waals surface area (Å²) in [5.74, 6) is -2.05. The van der Waals surface area contributed by atoms with Crippen LogP contribution in [0, 0.1) is 17.3 Å². The number of imide groups is 1. The van der Waals surface area contributed by atoms with Gasteiger partial charge in [0.1, 0.15) is 0 Å². The number of carbonyl (C=O) groups excluding carboxylic acids is 2. The van der Waals surface area contributed by atoms with Crippen LogP contribution in [0.4, 0.5) is 0 Å². The largest absolute Gasteiger partial charge is 0.481 e. The summed E-state index contributed by atoms with van der Waals surface area (Å²) in [6.07, 6.45) is 3.79. The molecule has 1 unspecified atom stereocenters. The van der Waals surface area contributed by atoms with Crippen LogP contribution in [0.15, 0.2) is 0 Å². The van der Waals surface area contributed by atoms with Crippen LogP contribution in [0.5, 0.6) is 0 Å². The zero-order valence-electron chi connectivity index (χ0n) is 11.5. The molecule has 19 heavy (non-hydrogen) atoms. The predicted molar refractivity (Wildman–Crippen MR) is 68.2 cm³/mol. The SMILES string of the molecule is CC(C)C(CN1C(=O)CC2(CCCC2)C1=O)C(=O)O. The molecule has 1 aliphatic carbocycles. The monoisotopic (exact) mass is 267 g/mol. The molecule has 5 nitrogen and oxygen atoms in total. The maximum Gasteiger partial charge on any atom is 0.308 e. The van der Waals surface area contributed by atoms with Crippen molar-refractivity contribution in [2.75, 3.05) is 6.54 Å². The third-order valence-corrected chi connectivity index (χ3v) is 4.55. The molecule has 2 rings (SSSR count). The van der Waals surface area contributed by atoms with Gasteiger partial charge < -0.3 is 5.11 Å². The molecule has 2 aliphatic rings. The molecule has 0 bridgehead atoms. The minimum Gasteiger partial charge on any atom is -0.481 e. The molecule has 1 aliphatic heterocycles. The second-order valence-corrected chi connectivity index (χ2v) is 6.16.